The number of esters is 1. The second-order valence-corrected chi connectivity index (χ2v) is 10.5. The molecule has 0 unspecified atom stereocenters. The van der Waals surface area contributed by atoms with Crippen molar-refractivity contribution >= 4 is 17.7 Å². The van der Waals surface area contributed by atoms with Gasteiger partial charge in [-0.3, -0.25) is 10.1 Å². The minimum Gasteiger partial charge on any atom is -0.462 e. The highest BCUT2D eigenvalue weighted by Crippen LogP contribution is 2.47. The topological polar surface area (TPSA) is 89.8 Å². The number of aromatic nitrogens is 1. The molecule has 1 aromatic heterocycles. The fraction of sp³-hybridized carbons (Fsp3) is 0.273. The fourth-order valence-corrected chi connectivity index (χ4v) is 5.37. The number of cyclic esters (lactones) is 1. The van der Waals surface area contributed by atoms with Gasteiger partial charge in [-0.2, -0.15) is 0 Å². The first-order valence-corrected chi connectivity index (χ1v) is 13.8. The maximum atomic E-state index is 14.0. The molecule has 1 aliphatic heterocycles. The Labute approximate surface area is 238 Å². The Morgan fingerprint density at radius 2 is 1.68 bits per heavy atom. The van der Waals surface area contributed by atoms with Crippen LogP contribution in [0.3, 0.4) is 0 Å². The van der Waals surface area contributed by atoms with Gasteiger partial charge in [0.05, 0.1) is 29.5 Å². The summed E-state index contributed by atoms with van der Waals surface area (Å²) in [5, 5.41) is 13.0. The van der Waals surface area contributed by atoms with Crippen LogP contribution in [0.4, 0.5) is 14.9 Å². The van der Waals surface area contributed by atoms with Crippen LogP contribution < -0.4 is 10.1 Å². The minimum atomic E-state index is -0.743. The van der Waals surface area contributed by atoms with E-state index in [9.17, 15) is 19.1 Å². The predicted octanol–water partition coefficient (Wildman–Crippen LogP) is 7.15. The molecular weight excluding hydrogens is 523 g/mol. The summed E-state index contributed by atoms with van der Waals surface area (Å²) in [5.41, 5.74) is 4.39. The number of benzene rings is 3. The van der Waals surface area contributed by atoms with Gasteiger partial charge in [0.2, 0.25) is 0 Å². The van der Waals surface area contributed by atoms with Crippen molar-refractivity contribution in [3.8, 4) is 28.1 Å². The van der Waals surface area contributed by atoms with Crippen molar-refractivity contribution < 1.29 is 28.6 Å². The van der Waals surface area contributed by atoms with Crippen LogP contribution in [-0.4, -0.2) is 33.9 Å². The van der Waals surface area contributed by atoms with Crippen molar-refractivity contribution in [2.75, 3.05) is 5.32 Å². The van der Waals surface area contributed by atoms with Crippen LogP contribution >= 0.6 is 0 Å². The number of carbonyl (C=O) groups is 2. The van der Waals surface area contributed by atoms with Crippen LogP contribution in [0.15, 0.2) is 84.9 Å². The molecular formula is C33H33FN2O5. The van der Waals surface area contributed by atoms with Gasteiger partial charge in [0.1, 0.15) is 11.9 Å². The molecule has 2 N–H and O–H groups in total. The first-order chi connectivity index (χ1) is 19.8. The lowest BCUT2D eigenvalue weighted by Gasteiger charge is -2.27. The second kappa shape index (κ2) is 12.4. The van der Waals surface area contributed by atoms with E-state index in [1.807, 2.05) is 62.4 Å². The minimum absolute atomic E-state index is 0.00916. The molecule has 1 fully saturated rings. The number of anilines is 1. The van der Waals surface area contributed by atoms with Gasteiger partial charge < -0.3 is 19.1 Å². The van der Waals surface area contributed by atoms with Crippen molar-refractivity contribution in [1.29, 1.82) is 0 Å². The SMILES string of the molecule is CC(C)c1c(OC(=O)Nc2ccccc2)c(-c2ccccc2)c(-c2ccc(F)cc2)n1CC[C@@H]1C[C@@H](O)CC(=O)O1. The number of para-hydroxylation sites is 1. The highest BCUT2D eigenvalue weighted by Gasteiger charge is 2.32. The number of amides is 1. The molecule has 0 radical (unpaired) electrons. The smallest absolute Gasteiger partial charge is 0.417 e. The van der Waals surface area contributed by atoms with Crippen LogP contribution in [0.1, 0.15) is 44.7 Å². The largest absolute Gasteiger partial charge is 0.462 e. The molecule has 3 aromatic carbocycles. The van der Waals surface area contributed by atoms with Gasteiger partial charge in [-0.25, -0.2) is 9.18 Å². The second-order valence-electron chi connectivity index (χ2n) is 10.5. The van der Waals surface area contributed by atoms with Crippen molar-refractivity contribution in [1.82, 2.24) is 4.57 Å². The summed E-state index contributed by atoms with van der Waals surface area (Å²) >= 11 is 0. The standard InChI is InChI=1S/C33H33FN2O5/c1-21(2)30-32(41-33(39)35-25-11-7-4-8-12-25)29(22-9-5-3-6-10-22)31(23-13-15-24(34)16-14-23)36(30)18-17-27-19-26(37)20-28(38)40-27/h3-16,21,26-27,37H,17-20H2,1-2H3,(H,35,39)/t26-,27-/m1/s1. The summed E-state index contributed by atoms with van der Waals surface area (Å²) < 4.78 is 27.7. The van der Waals surface area contributed by atoms with Crippen LogP contribution in [0.2, 0.25) is 0 Å². The quantitative estimate of drug-likeness (QED) is 0.225. The number of nitrogens with zero attached hydrogens (tertiary/aromatic N) is 1. The molecule has 1 aliphatic rings. The molecule has 7 nitrogen and oxygen atoms in total. The van der Waals surface area contributed by atoms with Gasteiger partial charge >= 0.3 is 12.1 Å². The molecule has 0 spiro atoms. The zero-order chi connectivity index (χ0) is 28.9. The van der Waals surface area contributed by atoms with E-state index >= 15 is 0 Å². The number of nitrogens with one attached hydrogen (secondary N) is 1. The van der Waals surface area contributed by atoms with E-state index in [0.29, 0.717) is 36.4 Å². The molecule has 2 atom stereocenters. The average Bonchev–Trinajstić information content (AvgIpc) is 3.26. The van der Waals surface area contributed by atoms with Crippen molar-refractivity contribution in [3.05, 3.63) is 96.4 Å². The summed E-state index contributed by atoms with van der Waals surface area (Å²) in [6.45, 7) is 4.44. The summed E-state index contributed by atoms with van der Waals surface area (Å²) in [6.07, 6.45) is -1.06. The Balaban J connectivity index is 1.65. The zero-order valence-corrected chi connectivity index (χ0v) is 23.0. The van der Waals surface area contributed by atoms with E-state index in [4.69, 9.17) is 9.47 Å². The van der Waals surface area contributed by atoms with Gasteiger partial charge in [-0.1, -0.05) is 62.4 Å². The van der Waals surface area contributed by atoms with Gasteiger partial charge in [0.15, 0.2) is 5.75 Å². The molecule has 1 amide bonds. The zero-order valence-electron chi connectivity index (χ0n) is 23.0. The number of rotatable bonds is 8. The number of halogens is 1. The number of aliphatic hydroxyl groups is 1. The summed E-state index contributed by atoms with van der Waals surface area (Å²) in [6, 6.07) is 24.9. The number of aliphatic hydroxyl groups excluding tert-OH is 1. The van der Waals surface area contributed by atoms with Gasteiger partial charge in [0.25, 0.3) is 0 Å². The van der Waals surface area contributed by atoms with E-state index in [2.05, 4.69) is 9.88 Å². The number of ether oxygens (including phenoxy) is 2. The highest BCUT2D eigenvalue weighted by atomic mass is 19.1. The molecule has 212 valence electrons. The Hall–Kier alpha value is -4.43. The Morgan fingerprint density at radius 3 is 2.32 bits per heavy atom. The molecule has 2 heterocycles. The van der Waals surface area contributed by atoms with E-state index < -0.39 is 24.3 Å². The molecule has 0 aliphatic carbocycles. The van der Waals surface area contributed by atoms with Crippen LogP contribution in [-0.2, 0) is 16.1 Å². The molecule has 1 saturated heterocycles. The van der Waals surface area contributed by atoms with E-state index in [0.717, 1.165) is 22.5 Å². The lowest BCUT2D eigenvalue weighted by atomic mass is 9.99. The lowest BCUT2D eigenvalue weighted by molar-refractivity contribution is -0.160. The van der Waals surface area contributed by atoms with E-state index in [1.165, 1.54) is 12.1 Å². The number of hydrogen-bond donors (Lipinski definition) is 2. The summed E-state index contributed by atoms with van der Waals surface area (Å²) in [5.74, 6) is -0.458. The monoisotopic (exact) mass is 556 g/mol. The maximum Gasteiger partial charge on any atom is 0.417 e. The van der Waals surface area contributed by atoms with Crippen molar-refractivity contribution in [2.24, 2.45) is 0 Å². The van der Waals surface area contributed by atoms with E-state index in [1.54, 1.807) is 24.3 Å². The first kappa shape index (κ1) is 28.1. The van der Waals surface area contributed by atoms with Crippen molar-refractivity contribution in [2.45, 2.75) is 57.8 Å². The normalized spacial score (nSPS) is 16.9. The van der Waals surface area contributed by atoms with Gasteiger partial charge in [0, 0.05) is 25.1 Å². The number of carbonyl (C=O) groups excluding carboxylic acids is 2. The Bertz CT molecular complexity index is 1500. The van der Waals surface area contributed by atoms with E-state index in [-0.39, 0.29) is 18.2 Å². The first-order valence-electron chi connectivity index (χ1n) is 13.8. The third-order valence-electron chi connectivity index (χ3n) is 7.11. The van der Waals surface area contributed by atoms with Crippen LogP contribution in [0.5, 0.6) is 5.75 Å². The van der Waals surface area contributed by atoms with Crippen molar-refractivity contribution in [3.63, 3.8) is 0 Å². The molecule has 5 rings (SSSR count). The third kappa shape index (κ3) is 6.49. The highest BCUT2D eigenvalue weighted by molar-refractivity contribution is 5.93. The van der Waals surface area contributed by atoms with Crippen LogP contribution in [0, 0.1) is 5.82 Å². The summed E-state index contributed by atoms with van der Waals surface area (Å²) in [4.78, 5) is 25.3. The Morgan fingerprint density at radius 1 is 1.02 bits per heavy atom. The Kier molecular flexibility index (Phi) is 8.50. The molecule has 4 aromatic rings. The average molecular weight is 557 g/mol. The van der Waals surface area contributed by atoms with Gasteiger partial charge in [-0.05, 0) is 53.4 Å². The third-order valence-corrected chi connectivity index (χ3v) is 7.11. The maximum absolute atomic E-state index is 14.0. The molecule has 0 saturated carbocycles. The molecule has 41 heavy (non-hydrogen) atoms. The predicted molar refractivity (Wildman–Crippen MR) is 155 cm³/mol. The van der Waals surface area contributed by atoms with Gasteiger partial charge in [-0.15, -0.1) is 0 Å². The molecule has 8 heteroatoms. The lowest BCUT2D eigenvalue weighted by Crippen LogP contribution is -2.33. The fourth-order valence-electron chi connectivity index (χ4n) is 5.37. The summed E-state index contributed by atoms with van der Waals surface area (Å²) in [7, 11) is 0. The van der Waals surface area contributed by atoms with Crippen LogP contribution in [0.25, 0.3) is 22.4 Å². The number of hydrogen-bond acceptors (Lipinski definition) is 5. The molecule has 0 bridgehead atoms.